The molecule has 3 aromatic heterocycles. The van der Waals surface area contributed by atoms with Gasteiger partial charge < -0.3 is 9.42 Å². The summed E-state index contributed by atoms with van der Waals surface area (Å²) in [5.74, 6) is 1.07. The van der Waals surface area contributed by atoms with E-state index in [9.17, 15) is 4.79 Å². The van der Waals surface area contributed by atoms with Crippen molar-refractivity contribution in [3.8, 4) is 0 Å². The van der Waals surface area contributed by atoms with Crippen molar-refractivity contribution < 1.29 is 9.32 Å². The Kier molecular flexibility index (Phi) is 3.99. The fourth-order valence-corrected chi connectivity index (χ4v) is 3.29. The molecule has 7 heteroatoms. The molecule has 0 aromatic carbocycles. The normalized spacial score (nSPS) is 18.2. The number of rotatable bonds is 3. The lowest BCUT2D eigenvalue weighted by Crippen LogP contribution is -2.38. The van der Waals surface area contributed by atoms with Gasteiger partial charge >= 0.3 is 0 Å². The maximum absolute atomic E-state index is 13.0. The van der Waals surface area contributed by atoms with E-state index < -0.39 is 0 Å². The molecule has 0 bridgehead atoms. The third kappa shape index (κ3) is 2.90. The number of carbonyl (C=O) groups is 1. The molecule has 4 heterocycles. The predicted molar refractivity (Wildman–Crippen MR) is 91.2 cm³/mol. The molecule has 1 amide bonds. The van der Waals surface area contributed by atoms with Crippen molar-refractivity contribution in [3.05, 3.63) is 47.9 Å². The van der Waals surface area contributed by atoms with Gasteiger partial charge in [-0.3, -0.25) is 9.20 Å². The summed E-state index contributed by atoms with van der Waals surface area (Å²) >= 11 is 0. The maximum Gasteiger partial charge on any atom is 0.293 e. The first-order valence-electron chi connectivity index (χ1n) is 8.70. The topological polar surface area (TPSA) is 76.5 Å². The predicted octanol–water partition coefficient (Wildman–Crippen LogP) is 3.21. The van der Waals surface area contributed by atoms with Crippen molar-refractivity contribution in [1.29, 1.82) is 0 Å². The number of piperidine rings is 1. The average Bonchev–Trinajstić information content (AvgIpc) is 3.29. The zero-order chi connectivity index (χ0) is 17.4. The molecule has 1 saturated heterocycles. The SMILES string of the molecule is CC(C)c1cc(C(=O)N2CCCC[C@@H]2c2ccn3ccnc3n2)on1. The Bertz CT molecular complexity index is 898. The smallest absolute Gasteiger partial charge is 0.293 e. The molecule has 0 unspecified atom stereocenters. The highest BCUT2D eigenvalue weighted by molar-refractivity contribution is 5.91. The fourth-order valence-electron chi connectivity index (χ4n) is 3.29. The van der Waals surface area contributed by atoms with Crippen molar-refractivity contribution in [1.82, 2.24) is 24.4 Å². The summed E-state index contributed by atoms with van der Waals surface area (Å²) in [6, 6.07) is 3.66. The van der Waals surface area contributed by atoms with Crippen LogP contribution in [0.5, 0.6) is 0 Å². The van der Waals surface area contributed by atoms with Crippen LogP contribution in [0.3, 0.4) is 0 Å². The first-order valence-corrected chi connectivity index (χ1v) is 8.70. The molecule has 130 valence electrons. The number of carbonyl (C=O) groups excluding carboxylic acids is 1. The van der Waals surface area contributed by atoms with Gasteiger partial charge in [-0.2, -0.15) is 0 Å². The minimum atomic E-state index is -0.117. The molecule has 0 radical (unpaired) electrons. The number of hydrogen-bond acceptors (Lipinski definition) is 5. The molecule has 1 aliphatic rings. The standard InChI is InChI=1S/C18H21N5O2/c1-12(2)14-11-16(25-21-14)17(24)23-8-4-3-5-15(23)13-6-9-22-10-7-19-18(22)20-13/h6-7,9-12,15H,3-5,8H2,1-2H3/t15-/m1/s1. The molecule has 1 aliphatic heterocycles. The largest absolute Gasteiger partial charge is 0.351 e. The molecule has 3 aromatic rings. The van der Waals surface area contributed by atoms with Gasteiger partial charge in [0.25, 0.3) is 5.91 Å². The minimum absolute atomic E-state index is 0.0597. The third-order valence-corrected chi connectivity index (χ3v) is 4.72. The summed E-state index contributed by atoms with van der Waals surface area (Å²) in [6.45, 7) is 4.75. The Morgan fingerprint density at radius 2 is 2.20 bits per heavy atom. The van der Waals surface area contributed by atoms with Crippen LogP contribution in [0.2, 0.25) is 0 Å². The summed E-state index contributed by atoms with van der Waals surface area (Å²) in [6.07, 6.45) is 8.46. The lowest BCUT2D eigenvalue weighted by Gasteiger charge is -2.34. The van der Waals surface area contributed by atoms with E-state index in [2.05, 4.69) is 15.1 Å². The van der Waals surface area contributed by atoms with E-state index in [1.165, 1.54) is 0 Å². The number of fused-ring (bicyclic) bond motifs is 1. The van der Waals surface area contributed by atoms with Crippen LogP contribution in [0.25, 0.3) is 5.78 Å². The number of nitrogens with zero attached hydrogens (tertiary/aromatic N) is 5. The minimum Gasteiger partial charge on any atom is -0.351 e. The molecule has 7 nitrogen and oxygen atoms in total. The molecule has 1 fully saturated rings. The summed E-state index contributed by atoms with van der Waals surface area (Å²) < 4.78 is 7.17. The Hall–Kier alpha value is -2.70. The summed E-state index contributed by atoms with van der Waals surface area (Å²) in [4.78, 5) is 23.7. The van der Waals surface area contributed by atoms with Gasteiger partial charge in [0.1, 0.15) is 0 Å². The fraction of sp³-hybridized carbons (Fsp3) is 0.444. The Morgan fingerprint density at radius 3 is 3.00 bits per heavy atom. The zero-order valence-corrected chi connectivity index (χ0v) is 14.4. The molecular formula is C18H21N5O2. The van der Waals surface area contributed by atoms with E-state index in [-0.39, 0.29) is 17.9 Å². The van der Waals surface area contributed by atoms with Crippen molar-refractivity contribution in [2.24, 2.45) is 0 Å². The van der Waals surface area contributed by atoms with Gasteiger partial charge in [0.05, 0.1) is 17.4 Å². The zero-order valence-electron chi connectivity index (χ0n) is 14.4. The van der Waals surface area contributed by atoms with Crippen LogP contribution in [0.4, 0.5) is 0 Å². The second-order valence-electron chi connectivity index (χ2n) is 6.77. The van der Waals surface area contributed by atoms with Crippen molar-refractivity contribution in [3.63, 3.8) is 0 Å². The summed E-state index contributed by atoms with van der Waals surface area (Å²) in [5, 5.41) is 4.01. The molecule has 0 N–H and O–H groups in total. The van der Waals surface area contributed by atoms with E-state index >= 15 is 0 Å². The van der Waals surface area contributed by atoms with Crippen LogP contribution < -0.4 is 0 Å². The number of hydrogen-bond donors (Lipinski definition) is 0. The monoisotopic (exact) mass is 339 g/mol. The lowest BCUT2D eigenvalue weighted by atomic mass is 9.98. The van der Waals surface area contributed by atoms with Gasteiger partial charge in [-0.25, -0.2) is 9.97 Å². The molecule has 4 rings (SSSR count). The summed E-state index contributed by atoms with van der Waals surface area (Å²) in [7, 11) is 0. The quantitative estimate of drug-likeness (QED) is 0.732. The third-order valence-electron chi connectivity index (χ3n) is 4.72. The highest BCUT2D eigenvalue weighted by Crippen LogP contribution is 2.31. The average molecular weight is 339 g/mol. The maximum atomic E-state index is 13.0. The van der Waals surface area contributed by atoms with Gasteiger partial charge in [0.2, 0.25) is 11.5 Å². The number of likely N-dealkylation sites (tertiary alicyclic amines) is 1. The van der Waals surface area contributed by atoms with Gasteiger partial charge in [-0.1, -0.05) is 19.0 Å². The number of amides is 1. The first kappa shape index (κ1) is 15.8. The van der Waals surface area contributed by atoms with E-state index in [0.29, 0.717) is 18.1 Å². The first-order chi connectivity index (χ1) is 12.1. The highest BCUT2D eigenvalue weighted by atomic mass is 16.5. The molecule has 0 spiro atoms. The van der Waals surface area contributed by atoms with Crippen LogP contribution in [-0.2, 0) is 0 Å². The lowest BCUT2D eigenvalue weighted by molar-refractivity contribution is 0.0564. The van der Waals surface area contributed by atoms with E-state index in [1.54, 1.807) is 12.3 Å². The van der Waals surface area contributed by atoms with Gasteiger partial charge in [0.15, 0.2) is 0 Å². The van der Waals surface area contributed by atoms with E-state index in [1.807, 2.05) is 41.6 Å². The van der Waals surface area contributed by atoms with Crippen LogP contribution in [0, 0.1) is 0 Å². The molecular weight excluding hydrogens is 318 g/mol. The van der Waals surface area contributed by atoms with E-state index in [0.717, 1.165) is 30.7 Å². The number of aromatic nitrogens is 4. The molecule has 25 heavy (non-hydrogen) atoms. The van der Waals surface area contributed by atoms with Crippen LogP contribution >= 0.6 is 0 Å². The van der Waals surface area contributed by atoms with Crippen LogP contribution in [-0.4, -0.2) is 36.9 Å². The van der Waals surface area contributed by atoms with Crippen molar-refractivity contribution in [2.45, 2.75) is 45.1 Å². The molecule has 0 saturated carbocycles. The van der Waals surface area contributed by atoms with Crippen LogP contribution in [0.15, 0.2) is 35.2 Å². The van der Waals surface area contributed by atoms with Gasteiger partial charge in [-0.15, -0.1) is 0 Å². The Morgan fingerprint density at radius 1 is 1.32 bits per heavy atom. The van der Waals surface area contributed by atoms with Crippen molar-refractivity contribution >= 4 is 11.7 Å². The van der Waals surface area contributed by atoms with Crippen molar-refractivity contribution in [2.75, 3.05) is 6.54 Å². The van der Waals surface area contributed by atoms with Crippen LogP contribution in [0.1, 0.15) is 67.0 Å². The Labute approximate surface area is 145 Å². The second kappa shape index (κ2) is 6.31. The summed E-state index contributed by atoms with van der Waals surface area (Å²) in [5.41, 5.74) is 1.67. The Balaban J connectivity index is 1.64. The molecule has 0 aliphatic carbocycles. The second-order valence-corrected chi connectivity index (χ2v) is 6.77. The van der Waals surface area contributed by atoms with Gasteiger partial charge in [0, 0.05) is 31.2 Å². The molecule has 1 atom stereocenters. The van der Waals surface area contributed by atoms with E-state index in [4.69, 9.17) is 4.52 Å². The highest BCUT2D eigenvalue weighted by Gasteiger charge is 2.32. The van der Waals surface area contributed by atoms with Gasteiger partial charge in [-0.05, 0) is 31.2 Å². The number of imidazole rings is 1.